The van der Waals surface area contributed by atoms with Gasteiger partial charge in [-0.2, -0.15) is 0 Å². The first-order valence-corrected chi connectivity index (χ1v) is 10.5. The van der Waals surface area contributed by atoms with Crippen molar-refractivity contribution in [1.29, 1.82) is 0 Å². The Balaban J connectivity index is 3.05. The standard InChI is InChI=1S/C15H28N2O3Si/c1-8-10-17-12(14(18)19-9-2)11-13(16-17)20-21(6,7)15(3,4)5/h11H,8-10H2,1-7H3. The lowest BCUT2D eigenvalue weighted by Gasteiger charge is -2.35. The molecular formula is C15H28N2O3Si. The minimum atomic E-state index is -1.96. The lowest BCUT2D eigenvalue weighted by Crippen LogP contribution is -2.44. The van der Waals surface area contributed by atoms with Crippen LogP contribution in [0.3, 0.4) is 0 Å². The predicted octanol–water partition coefficient (Wildman–Crippen LogP) is 3.85. The SMILES string of the molecule is CCCn1nc(O[Si](C)(C)C(C)(C)C)cc1C(=O)OCC. The summed E-state index contributed by atoms with van der Waals surface area (Å²) >= 11 is 0. The highest BCUT2D eigenvalue weighted by molar-refractivity contribution is 6.74. The molecule has 0 N–H and O–H groups in total. The Hall–Kier alpha value is -1.30. The van der Waals surface area contributed by atoms with E-state index in [0.717, 1.165) is 6.42 Å². The molecule has 1 aromatic rings. The fourth-order valence-electron chi connectivity index (χ4n) is 1.61. The maximum atomic E-state index is 12.0. The van der Waals surface area contributed by atoms with Gasteiger partial charge in [-0.05, 0) is 31.5 Å². The quantitative estimate of drug-likeness (QED) is 0.591. The smallest absolute Gasteiger partial charge is 0.356 e. The van der Waals surface area contributed by atoms with Crippen molar-refractivity contribution in [2.75, 3.05) is 6.61 Å². The van der Waals surface area contributed by atoms with Gasteiger partial charge in [0.25, 0.3) is 8.32 Å². The molecule has 0 fully saturated rings. The molecule has 0 radical (unpaired) electrons. The summed E-state index contributed by atoms with van der Waals surface area (Å²) in [6.45, 7) is 15.7. The molecule has 1 rings (SSSR count). The van der Waals surface area contributed by atoms with Crippen LogP contribution >= 0.6 is 0 Å². The van der Waals surface area contributed by atoms with Crippen LogP contribution in [0.15, 0.2) is 6.07 Å². The molecule has 5 nitrogen and oxygen atoms in total. The first-order chi connectivity index (χ1) is 9.62. The van der Waals surface area contributed by atoms with E-state index in [9.17, 15) is 4.79 Å². The van der Waals surface area contributed by atoms with Gasteiger partial charge in [-0.3, -0.25) is 4.68 Å². The van der Waals surface area contributed by atoms with Gasteiger partial charge in [0.1, 0.15) is 5.69 Å². The number of esters is 1. The fraction of sp³-hybridized carbons (Fsp3) is 0.733. The molecule has 1 heterocycles. The normalized spacial score (nSPS) is 12.3. The third kappa shape index (κ3) is 4.33. The van der Waals surface area contributed by atoms with Crippen LogP contribution in [-0.4, -0.2) is 30.7 Å². The van der Waals surface area contributed by atoms with E-state index in [1.54, 1.807) is 17.7 Å². The van der Waals surface area contributed by atoms with Gasteiger partial charge in [0.15, 0.2) is 0 Å². The summed E-state index contributed by atoms with van der Waals surface area (Å²) < 4.78 is 12.9. The Morgan fingerprint density at radius 3 is 2.43 bits per heavy atom. The molecule has 0 aliphatic rings. The van der Waals surface area contributed by atoms with Crippen LogP contribution < -0.4 is 4.43 Å². The maximum Gasteiger partial charge on any atom is 0.356 e. The Kier molecular flexibility index (Phi) is 5.61. The second kappa shape index (κ2) is 6.64. The molecule has 0 bridgehead atoms. The van der Waals surface area contributed by atoms with Crippen molar-refractivity contribution in [3.8, 4) is 5.88 Å². The van der Waals surface area contributed by atoms with Crippen LogP contribution in [0.1, 0.15) is 51.5 Å². The molecule has 21 heavy (non-hydrogen) atoms. The third-order valence-electron chi connectivity index (χ3n) is 3.84. The van der Waals surface area contributed by atoms with Crippen LogP contribution in [0, 0.1) is 0 Å². The molecule has 1 aromatic heterocycles. The van der Waals surface area contributed by atoms with E-state index in [4.69, 9.17) is 9.16 Å². The van der Waals surface area contributed by atoms with E-state index in [-0.39, 0.29) is 11.0 Å². The number of aryl methyl sites for hydroxylation is 1. The number of aromatic nitrogens is 2. The third-order valence-corrected chi connectivity index (χ3v) is 8.18. The molecular weight excluding hydrogens is 284 g/mol. The second-order valence-electron chi connectivity index (χ2n) is 6.67. The van der Waals surface area contributed by atoms with Crippen molar-refractivity contribution in [2.24, 2.45) is 0 Å². The monoisotopic (exact) mass is 312 g/mol. The molecule has 0 aromatic carbocycles. The van der Waals surface area contributed by atoms with Crippen LogP contribution in [0.2, 0.25) is 18.1 Å². The highest BCUT2D eigenvalue weighted by atomic mass is 28.4. The first-order valence-electron chi connectivity index (χ1n) is 7.56. The Morgan fingerprint density at radius 1 is 1.33 bits per heavy atom. The summed E-state index contributed by atoms with van der Waals surface area (Å²) in [5, 5.41) is 4.52. The van der Waals surface area contributed by atoms with E-state index in [0.29, 0.717) is 24.7 Å². The van der Waals surface area contributed by atoms with Crippen molar-refractivity contribution in [3.63, 3.8) is 0 Å². The topological polar surface area (TPSA) is 53.4 Å². The zero-order valence-electron chi connectivity index (χ0n) is 14.3. The van der Waals surface area contributed by atoms with Crippen LogP contribution in [0.4, 0.5) is 0 Å². The fourth-order valence-corrected chi connectivity index (χ4v) is 2.54. The van der Waals surface area contributed by atoms with E-state index in [2.05, 4.69) is 39.0 Å². The zero-order chi connectivity index (χ0) is 16.3. The summed E-state index contributed by atoms with van der Waals surface area (Å²) in [5.41, 5.74) is 0.465. The van der Waals surface area contributed by atoms with Gasteiger partial charge in [0.2, 0.25) is 5.88 Å². The summed E-state index contributed by atoms with van der Waals surface area (Å²) in [6.07, 6.45) is 0.896. The molecule has 0 unspecified atom stereocenters. The van der Waals surface area contributed by atoms with Crippen molar-refractivity contribution in [2.45, 2.75) is 65.7 Å². The number of carbonyl (C=O) groups is 1. The van der Waals surface area contributed by atoms with Gasteiger partial charge in [-0.15, -0.1) is 5.10 Å². The molecule has 0 aliphatic heterocycles. The van der Waals surface area contributed by atoms with E-state index in [1.807, 2.05) is 6.92 Å². The average Bonchev–Trinajstić information content (AvgIpc) is 2.70. The van der Waals surface area contributed by atoms with E-state index < -0.39 is 8.32 Å². The molecule has 0 spiro atoms. The van der Waals surface area contributed by atoms with Gasteiger partial charge in [0.05, 0.1) is 6.61 Å². The lowest BCUT2D eigenvalue weighted by molar-refractivity contribution is 0.0511. The molecule has 0 amide bonds. The number of ether oxygens (including phenoxy) is 1. The van der Waals surface area contributed by atoms with Crippen molar-refractivity contribution >= 4 is 14.3 Å². The van der Waals surface area contributed by atoms with Crippen LogP contribution in [0.25, 0.3) is 0 Å². The minimum Gasteiger partial charge on any atom is -0.530 e. The molecule has 0 aliphatic carbocycles. The summed E-state index contributed by atoms with van der Waals surface area (Å²) in [5.74, 6) is 0.182. The van der Waals surface area contributed by atoms with Crippen LogP contribution in [0.5, 0.6) is 5.88 Å². The predicted molar refractivity (Wildman–Crippen MR) is 86.3 cm³/mol. The van der Waals surface area contributed by atoms with Crippen molar-refractivity contribution < 1.29 is 14.0 Å². The van der Waals surface area contributed by atoms with Gasteiger partial charge < -0.3 is 9.16 Å². The number of hydrogen-bond donors (Lipinski definition) is 0. The number of nitrogens with zero attached hydrogens (tertiary/aromatic N) is 2. The second-order valence-corrected chi connectivity index (χ2v) is 11.4. The summed E-state index contributed by atoms with van der Waals surface area (Å²) in [4.78, 5) is 12.0. The van der Waals surface area contributed by atoms with E-state index in [1.165, 1.54) is 0 Å². The zero-order valence-corrected chi connectivity index (χ0v) is 15.3. The van der Waals surface area contributed by atoms with Crippen molar-refractivity contribution in [1.82, 2.24) is 9.78 Å². The molecule has 0 saturated carbocycles. The van der Waals surface area contributed by atoms with E-state index >= 15 is 0 Å². The highest BCUT2D eigenvalue weighted by Crippen LogP contribution is 2.37. The van der Waals surface area contributed by atoms with Gasteiger partial charge >= 0.3 is 5.97 Å². The Morgan fingerprint density at radius 2 is 1.95 bits per heavy atom. The molecule has 120 valence electrons. The van der Waals surface area contributed by atoms with Crippen molar-refractivity contribution in [3.05, 3.63) is 11.8 Å². The molecule has 6 heteroatoms. The number of carbonyl (C=O) groups excluding carboxylic acids is 1. The Labute approximate surface area is 128 Å². The highest BCUT2D eigenvalue weighted by Gasteiger charge is 2.39. The minimum absolute atomic E-state index is 0.0889. The number of rotatable bonds is 6. The first kappa shape index (κ1) is 17.7. The molecule has 0 saturated heterocycles. The van der Waals surface area contributed by atoms with Crippen LogP contribution in [-0.2, 0) is 11.3 Å². The average molecular weight is 312 g/mol. The lowest BCUT2D eigenvalue weighted by atomic mass is 10.2. The van der Waals surface area contributed by atoms with Gasteiger partial charge in [0, 0.05) is 12.6 Å². The van der Waals surface area contributed by atoms with Gasteiger partial charge in [-0.1, -0.05) is 27.7 Å². The summed E-state index contributed by atoms with van der Waals surface area (Å²) in [6, 6.07) is 1.70. The maximum absolute atomic E-state index is 12.0. The molecule has 0 atom stereocenters. The largest absolute Gasteiger partial charge is 0.530 e. The van der Waals surface area contributed by atoms with Gasteiger partial charge in [-0.25, -0.2) is 4.79 Å². The number of hydrogen-bond acceptors (Lipinski definition) is 4. The Bertz CT molecular complexity index is 490. The summed E-state index contributed by atoms with van der Waals surface area (Å²) in [7, 11) is -1.96.